The number of rotatable bonds is 10. The standard InChI is InChI=1S/C23H31FN2O2/c1-25(15-16-26(2)19-20-7-4-3-5-8-20)14-6-13-23(27-17-18-28-23)21-9-11-22(24)12-10-21/h3-5,7-12H,6,13-19H2,1-2H3. The van der Waals surface area contributed by atoms with Crippen LogP contribution < -0.4 is 0 Å². The Labute approximate surface area is 167 Å². The van der Waals surface area contributed by atoms with Crippen molar-refractivity contribution in [1.82, 2.24) is 9.80 Å². The Balaban J connectivity index is 1.42. The largest absolute Gasteiger partial charge is 0.343 e. The van der Waals surface area contributed by atoms with E-state index in [1.807, 2.05) is 6.07 Å². The molecule has 0 atom stereocenters. The van der Waals surface area contributed by atoms with Crippen LogP contribution in [0.15, 0.2) is 54.6 Å². The second-order valence-electron chi connectivity index (χ2n) is 7.59. The van der Waals surface area contributed by atoms with Gasteiger partial charge in [0.15, 0.2) is 5.79 Å². The number of nitrogens with zero attached hydrogens (tertiary/aromatic N) is 2. The van der Waals surface area contributed by atoms with E-state index in [-0.39, 0.29) is 5.82 Å². The first-order chi connectivity index (χ1) is 13.6. The third-order valence-electron chi connectivity index (χ3n) is 5.24. The summed E-state index contributed by atoms with van der Waals surface area (Å²) in [6.45, 7) is 5.12. The fraction of sp³-hybridized carbons (Fsp3) is 0.478. The van der Waals surface area contributed by atoms with Crippen LogP contribution in [0.4, 0.5) is 4.39 Å². The molecule has 1 aliphatic heterocycles. The Bertz CT molecular complexity index is 702. The van der Waals surface area contributed by atoms with Gasteiger partial charge in [0.1, 0.15) is 5.82 Å². The smallest absolute Gasteiger partial charge is 0.195 e. The fourth-order valence-corrected chi connectivity index (χ4v) is 3.62. The molecule has 3 rings (SSSR count). The minimum atomic E-state index is -0.724. The van der Waals surface area contributed by atoms with Crippen molar-refractivity contribution in [2.75, 3.05) is 46.9 Å². The fourth-order valence-electron chi connectivity index (χ4n) is 3.62. The molecule has 0 amide bonds. The maximum Gasteiger partial charge on any atom is 0.195 e. The lowest BCUT2D eigenvalue weighted by Gasteiger charge is -2.29. The van der Waals surface area contributed by atoms with Crippen molar-refractivity contribution in [3.63, 3.8) is 0 Å². The van der Waals surface area contributed by atoms with Crippen LogP contribution in [0.1, 0.15) is 24.0 Å². The van der Waals surface area contributed by atoms with Crippen LogP contribution in [0.25, 0.3) is 0 Å². The second-order valence-corrected chi connectivity index (χ2v) is 7.59. The molecule has 0 bridgehead atoms. The normalized spacial score (nSPS) is 16.2. The van der Waals surface area contributed by atoms with Crippen molar-refractivity contribution in [2.24, 2.45) is 0 Å². The molecule has 2 aromatic rings. The molecule has 0 unspecified atom stereocenters. The first-order valence-electron chi connectivity index (χ1n) is 10.0. The zero-order valence-electron chi connectivity index (χ0n) is 16.9. The first-order valence-corrected chi connectivity index (χ1v) is 10.0. The Morgan fingerprint density at radius 2 is 1.50 bits per heavy atom. The van der Waals surface area contributed by atoms with E-state index in [4.69, 9.17) is 9.47 Å². The summed E-state index contributed by atoms with van der Waals surface area (Å²) in [6, 6.07) is 17.0. The van der Waals surface area contributed by atoms with Crippen molar-refractivity contribution in [1.29, 1.82) is 0 Å². The number of hydrogen-bond donors (Lipinski definition) is 0. The maximum absolute atomic E-state index is 13.3. The van der Waals surface area contributed by atoms with Crippen LogP contribution in [-0.4, -0.2) is 56.7 Å². The number of likely N-dealkylation sites (N-methyl/N-ethyl adjacent to an activating group) is 2. The summed E-state index contributed by atoms with van der Waals surface area (Å²) < 4.78 is 25.1. The molecular weight excluding hydrogens is 355 g/mol. The molecule has 5 heteroatoms. The number of halogens is 1. The molecule has 4 nitrogen and oxygen atoms in total. The van der Waals surface area contributed by atoms with Gasteiger partial charge in [-0.2, -0.15) is 0 Å². The topological polar surface area (TPSA) is 24.9 Å². The average Bonchev–Trinajstić information content (AvgIpc) is 3.18. The molecule has 28 heavy (non-hydrogen) atoms. The molecule has 0 N–H and O–H groups in total. The highest BCUT2D eigenvalue weighted by Gasteiger charge is 2.38. The number of benzene rings is 2. The van der Waals surface area contributed by atoms with Gasteiger partial charge in [0.05, 0.1) is 13.2 Å². The minimum Gasteiger partial charge on any atom is -0.343 e. The minimum absolute atomic E-state index is 0.240. The molecule has 1 heterocycles. The monoisotopic (exact) mass is 386 g/mol. The predicted molar refractivity (Wildman–Crippen MR) is 109 cm³/mol. The van der Waals surface area contributed by atoms with Crippen LogP contribution in [-0.2, 0) is 21.8 Å². The lowest BCUT2D eigenvalue weighted by molar-refractivity contribution is -0.172. The molecule has 2 aromatic carbocycles. The first kappa shape index (κ1) is 20.9. The molecule has 0 radical (unpaired) electrons. The van der Waals surface area contributed by atoms with Crippen molar-refractivity contribution in [3.8, 4) is 0 Å². The van der Waals surface area contributed by atoms with E-state index in [2.05, 4.69) is 48.2 Å². The zero-order chi connectivity index (χ0) is 19.8. The van der Waals surface area contributed by atoms with Gasteiger partial charge in [0.2, 0.25) is 0 Å². The highest BCUT2D eigenvalue weighted by Crippen LogP contribution is 2.36. The van der Waals surface area contributed by atoms with E-state index in [9.17, 15) is 4.39 Å². The van der Waals surface area contributed by atoms with E-state index >= 15 is 0 Å². The van der Waals surface area contributed by atoms with Crippen molar-refractivity contribution in [2.45, 2.75) is 25.2 Å². The molecule has 0 aliphatic carbocycles. The van der Waals surface area contributed by atoms with Gasteiger partial charge in [-0.1, -0.05) is 42.5 Å². The molecule has 0 aromatic heterocycles. The average molecular weight is 387 g/mol. The number of hydrogen-bond acceptors (Lipinski definition) is 4. The molecule has 0 spiro atoms. The van der Waals surface area contributed by atoms with Crippen LogP contribution in [0.5, 0.6) is 0 Å². The maximum atomic E-state index is 13.3. The van der Waals surface area contributed by atoms with Gasteiger partial charge in [0, 0.05) is 31.6 Å². The third-order valence-corrected chi connectivity index (χ3v) is 5.24. The van der Waals surface area contributed by atoms with Gasteiger partial charge >= 0.3 is 0 Å². The van der Waals surface area contributed by atoms with Crippen LogP contribution in [0.2, 0.25) is 0 Å². The Morgan fingerprint density at radius 1 is 0.857 bits per heavy atom. The summed E-state index contributed by atoms with van der Waals surface area (Å²) in [7, 11) is 4.31. The SMILES string of the molecule is CN(CCCC1(c2ccc(F)cc2)OCCO1)CCN(C)Cc1ccccc1. The lowest BCUT2D eigenvalue weighted by Crippen LogP contribution is -2.33. The Morgan fingerprint density at radius 3 is 2.18 bits per heavy atom. The second kappa shape index (κ2) is 10.1. The van der Waals surface area contributed by atoms with E-state index in [0.29, 0.717) is 13.2 Å². The highest BCUT2D eigenvalue weighted by molar-refractivity contribution is 5.22. The van der Waals surface area contributed by atoms with E-state index < -0.39 is 5.79 Å². The molecule has 0 saturated carbocycles. The molecule has 1 fully saturated rings. The lowest BCUT2D eigenvalue weighted by atomic mass is 10.0. The Kier molecular flexibility index (Phi) is 7.57. The zero-order valence-corrected chi connectivity index (χ0v) is 16.9. The van der Waals surface area contributed by atoms with Gasteiger partial charge in [-0.3, -0.25) is 0 Å². The molecule has 152 valence electrons. The summed E-state index contributed by atoms with van der Waals surface area (Å²) in [6.07, 6.45) is 1.72. The summed E-state index contributed by atoms with van der Waals surface area (Å²) in [4.78, 5) is 4.68. The van der Waals surface area contributed by atoms with Crippen LogP contribution >= 0.6 is 0 Å². The summed E-state index contributed by atoms with van der Waals surface area (Å²) in [5.41, 5.74) is 2.24. The van der Waals surface area contributed by atoms with Crippen LogP contribution in [0, 0.1) is 5.82 Å². The third kappa shape index (κ3) is 5.85. The van der Waals surface area contributed by atoms with Crippen molar-refractivity contribution >= 4 is 0 Å². The van der Waals surface area contributed by atoms with Gasteiger partial charge in [-0.15, -0.1) is 0 Å². The van der Waals surface area contributed by atoms with Crippen molar-refractivity contribution < 1.29 is 13.9 Å². The van der Waals surface area contributed by atoms with Gasteiger partial charge in [-0.25, -0.2) is 4.39 Å². The van der Waals surface area contributed by atoms with Crippen molar-refractivity contribution in [3.05, 3.63) is 71.5 Å². The summed E-state index contributed by atoms with van der Waals surface area (Å²) in [5.74, 6) is -0.963. The number of ether oxygens (including phenoxy) is 2. The summed E-state index contributed by atoms with van der Waals surface area (Å²) >= 11 is 0. The van der Waals surface area contributed by atoms with Gasteiger partial charge < -0.3 is 19.3 Å². The van der Waals surface area contributed by atoms with Crippen LogP contribution in [0.3, 0.4) is 0 Å². The summed E-state index contributed by atoms with van der Waals surface area (Å²) in [5, 5.41) is 0. The van der Waals surface area contributed by atoms with E-state index in [1.165, 1.54) is 17.7 Å². The predicted octanol–water partition coefficient (Wildman–Crippen LogP) is 3.87. The molecular formula is C23H31FN2O2. The quantitative estimate of drug-likeness (QED) is 0.619. The Hall–Kier alpha value is -1.79. The molecule has 1 aliphatic rings. The van der Waals surface area contributed by atoms with Gasteiger partial charge in [-0.05, 0) is 44.8 Å². The van der Waals surface area contributed by atoms with E-state index in [0.717, 1.165) is 44.6 Å². The van der Waals surface area contributed by atoms with E-state index in [1.54, 1.807) is 12.1 Å². The molecule has 1 saturated heterocycles. The van der Waals surface area contributed by atoms with Gasteiger partial charge in [0.25, 0.3) is 0 Å². The highest BCUT2D eigenvalue weighted by atomic mass is 19.1.